The monoisotopic (exact) mass is 645 g/mol. The van der Waals surface area contributed by atoms with Crippen molar-refractivity contribution >= 4 is 46.4 Å². The molecule has 2 heterocycles. The summed E-state index contributed by atoms with van der Waals surface area (Å²) in [6.45, 7) is 0.538. The van der Waals surface area contributed by atoms with Crippen molar-refractivity contribution in [3.8, 4) is 6.07 Å². The van der Waals surface area contributed by atoms with Crippen molar-refractivity contribution in [2.45, 2.75) is 30.7 Å². The van der Waals surface area contributed by atoms with Crippen LogP contribution in [-0.4, -0.2) is 54.9 Å². The first-order valence-corrected chi connectivity index (χ1v) is 15.1. The zero-order chi connectivity index (χ0) is 32.9. The molecule has 3 aliphatic rings. The number of likely N-dealkylation sites (tertiary alicyclic amines) is 1. The molecule has 1 saturated carbocycles. The molecule has 2 fully saturated rings. The number of methoxy groups -OCH3 is 1. The van der Waals surface area contributed by atoms with Gasteiger partial charge in [0.1, 0.15) is 17.0 Å². The Morgan fingerprint density at radius 3 is 2.67 bits per heavy atom. The number of carbonyl (C=O) groups is 3. The SMILES string of the molecule is COC(=O)c1ccc(N(C)C(=O)[C@@H]2CN(CC3CC3)[C@]3(C[C@H]2c2cccc(Cl)c2F)C(=O)Nc2cc(C#N)ccc23)c([N+](=O)[O-])c1. The molecule has 11 nitrogen and oxygen atoms in total. The molecule has 3 aromatic carbocycles. The van der Waals surface area contributed by atoms with Crippen LogP contribution < -0.4 is 10.2 Å². The van der Waals surface area contributed by atoms with Crippen LogP contribution in [-0.2, 0) is 19.9 Å². The van der Waals surface area contributed by atoms with E-state index >= 15 is 4.39 Å². The number of carbonyl (C=O) groups excluding carboxylic acids is 3. The van der Waals surface area contributed by atoms with Gasteiger partial charge in [0.25, 0.3) is 5.69 Å². The fourth-order valence-corrected chi connectivity index (χ4v) is 7.03. The Kier molecular flexibility index (Phi) is 8.00. The van der Waals surface area contributed by atoms with Crippen LogP contribution in [0.2, 0.25) is 5.02 Å². The van der Waals surface area contributed by atoms with E-state index in [0.717, 1.165) is 30.9 Å². The molecule has 236 valence electrons. The van der Waals surface area contributed by atoms with Crippen LogP contribution in [0.15, 0.2) is 54.6 Å². The fourth-order valence-electron chi connectivity index (χ4n) is 6.84. The highest BCUT2D eigenvalue weighted by molar-refractivity contribution is 6.30. The maximum Gasteiger partial charge on any atom is 0.338 e. The molecule has 1 N–H and O–H groups in total. The maximum absolute atomic E-state index is 15.8. The van der Waals surface area contributed by atoms with E-state index in [1.165, 1.54) is 31.3 Å². The lowest BCUT2D eigenvalue weighted by Crippen LogP contribution is -2.60. The lowest BCUT2D eigenvalue weighted by atomic mass is 9.68. The highest BCUT2D eigenvalue weighted by Gasteiger charge is 2.59. The number of nitrogens with one attached hydrogen (secondary N) is 1. The minimum atomic E-state index is -1.27. The van der Waals surface area contributed by atoms with E-state index in [-0.39, 0.29) is 40.7 Å². The van der Waals surface area contributed by atoms with Gasteiger partial charge in [0.15, 0.2) is 0 Å². The number of anilines is 2. The average Bonchev–Trinajstić information content (AvgIpc) is 3.84. The zero-order valence-corrected chi connectivity index (χ0v) is 25.7. The van der Waals surface area contributed by atoms with E-state index in [9.17, 15) is 29.8 Å². The summed E-state index contributed by atoms with van der Waals surface area (Å²) < 4.78 is 20.5. The molecule has 0 bridgehead atoms. The van der Waals surface area contributed by atoms with Crippen LogP contribution in [0, 0.1) is 39.1 Å². The van der Waals surface area contributed by atoms with Gasteiger partial charge in [-0.05, 0) is 61.1 Å². The summed E-state index contributed by atoms with van der Waals surface area (Å²) in [6.07, 6.45) is 1.92. The Balaban J connectivity index is 1.47. The second kappa shape index (κ2) is 11.8. The van der Waals surface area contributed by atoms with Crippen LogP contribution in [0.25, 0.3) is 0 Å². The molecular formula is C33H29ClFN5O6. The molecule has 3 aromatic rings. The van der Waals surface area contributed by atoms with Crippen molar-refractivity contribution in [2.75, 3.05) is 37.5 Å². The Morgan fingerprint density at radius 1 is 1.24 bits per heavy atom. The third kappa shape index (κ3) is 5.15. The molecule has 0 aromatic heterocycles. The average molecular weight is 646 g/mol. The number of nitro groups is 1. The quantitative estimate of drug-likeness (QED) is 0.205. The van der Waals surface area contributed by atoms with Gasteiger partial charge in [-0.2, -0.15) is 5.26 Å². The minimum absolute atomic E-state index is 0.00926. The summed E-state index contributed by atoms with van der Waals surface area (Å²) in [6, 6.07) is 15.2. The summed E-state index contributed by atoms with van der Waals surface area (Å²) in [4.78, 5) is 55.1. The largest absolute Gasteiger partial charge is 0.465 e. The lowest BCUT2D eigenvalue weighted by Gasteiger charge is -2.50. The van der Waals surface area contributed by atoms with Gasteiger partial charge in [-0.15, -0.1) is 0 Å². The number of rotatable bonds is 7. The summed E-state index contributed by atoms with van der Waals surface area (Å²) in [5, 5.41) is 24.3. The van der Waals surface area contributed by atoms with E-state index in [0.29, 0.717) is 29.3 Å². The van der Waals surface area contributed by atoms with Gasteiger partial charge in [0, 0.05) is 43.4 Å². The summed E-state index contributed by atoms with van der Waals surface area (Å²) in [5.74, 6) is -3.88. The molecule has 46 heavy (non-hydrogen) atoms. The van der Waals surface area contributed by atoms with Crippen LogP contribution in [0.1, 0.15) is 52.2 Å². The highest BCUT2D eigenvalue weighted by Crippen LogP contribution is 2.54. The Labute approximate surface area is 268 Å². The summed E-state index contributed by atoms with van der Waals surface area (Å²) in [7, 11) is 2.55. The van der Waals surface area contributed by atoms with Gasteiger partial charge < -0.3 is 15.0 Å². The van der Waals surface area contributed by atoms with Gasteiger partial charge >= 0.3 is 5.97 Å². The number of amides is 2. The van der Waals surface area contributed by atoms with Gasteiger partial charge in [0.2, 0.25) is 11.8 Å². The standard InChI is InChI=1S/C33H29ClFN5O6/c1-38(27-11-9-20(31(42)46-2)13-28(27)40(44)45)30(41)23-17-39(16-18-6-7-18)33(14-22(23)21-4-3-5-25(34)29(21)35)24-10-8-19(15-36)12-26(24)37-32(33)43/h3-5,8-13,18,22-23H,6-7,14,16-17H2,1-2H3,(H,37,43)/t22-,23+,33-/m0/s1. The lowest BCUT2D eigenvalue weighted by molar-refractivity contribution is -0.384. The first-order chi connectivity index (χ1) is 22.0. The highest BCUT2D eigenvalue weighted by atomic mass is 35.5. The molecule has 2 amide bonds. The molecule has 0 radical (unpaired) electrons. The molecular weight excluding hydrogens is 617 g/mol. The van der Waals surface area contributed by atoms with Crippen molar-refractivity contribution in [1.29, 1.82) is 5.26 Å². The normalized spacial score (nSPS) is 22.1. The zero-order valence-electron chi connectivity index (χ0n) is 25.0. The number of hydrogen-bond acceptors (Lipinski definition) is 8. The van der Waals surface area contributed by atoms with E-state index in [4.69, 9.17) is 16.3 Å². The number of nitrogens with zero attached hydrogens (tertiary/aromatic N) is 4. The Bertz CT molecular complexity index is 1840. The maximum atomic E-state index is 15.8. The summed E-state index contributed by atoms with van der Waals surface area (Å²) in [5.41, 5.74) is -0.231. The van der Waals surface area contributed by atoms with Crippen molar-refractivity contribution < 1.29 is 28.4 Å². The molecule has 1 saturated heterocycles. The predicted octanol–water partition coefficient (Wildman–Crippen LogP) is 5.37. The number of halogens is 2. The minimum Gasteiger partial charge on any atom is -0.465 e. The number of hydrogen-bond donors (Lipinski definition) is 1. The number of fused-ring (bicyclic) bond motifs is 2. The smallest absolute Gasteiger partial charge is 0.338 e. The van der Waals surface area contributed by atoms with E-state index < -0.39 is 45.7 Å². The van der Waals surface area contributed by atoms with Crippen LogP contribution >= 0.6 is 11.6 Å². The van der Waals surface area contributed by atoms with Crippen molar-refractivity contribution in [3.63, 3.8) is 0 Å². The van der Waals surface area contributed by atoms with Crippen LogP contribution in [0.5, 0.6) is 0 Å². The van der Waals surface area contributed by atoms with Gasteiger partial charge in [-0.3, -0.25) is 24.6 Å². The van der Waals surface area contributed by atoms with Gasteiger partial charge in [-0.1, -0.05) is 29.8 Å². The number of nitro benzene ring substituents is 1. The third-order valence-corrected chi connectivity index (χ3v) is 9.63. The molecule has 1 aliphatic carbocycles. The summed E-state index contributed by atoms with van der Waals surface area (Å²) >= 11 is 6.22. The Morgan fingerprint density at radius 2 is 2.00 bits per heavy atom. The second-order valence-electron chi connectivity index (χ2n) is 11.9. The van der Waals surface area contributed by atoms with E-state index in [1.807, 2.05) is 4.90 Å². The molecule has 6 rings (SSSR count). The Hall–Kier alpha value is -4.86. The number of ether oxygens (including phenoxy) is 1. The van der Waals surface area contributed by atoms with Crippen LogP contribution in [0.4, 0.5) is 21.5 Å². The topological polar surface area (TPSA) is 146 Å². The van der Waals surface area contributed by atoms with Crippen molar-refractivity contribution in [3.05, 3.63) is 97.8 Å². The van der Waals surface area contributed by atoms with Crippen LogP contribution in [0.3, 0.4) is 0 Å². The fraction of sp³-hybridized carbons (Fsp3) is 0.333. The predicted molar refractivity (Wildman–Crippen MR) is 166 cm³/mol. The molecule has 1 spiro atoms. The van der Waals surface area contributed by atoms with Gasteiger partial charge in [0.05, 0.1) is 40.2 Å². The third-order valence-electron chi connectivity index (χ3n) is 9.33. The molecule has 0 unspecified atom stereocenters. The first kappa shape index (κ1) is 31.1. The van der Waals surface area contributed by atoms with E-state index in [1.54, 1.807) is 24.3 Å². The number of benzene rings is 3. The van der Waals surface area contributed by atoms with Crippen molar-refractivity contribution in [2.24, 2.45) is 11.8 Å². The number of esters is 1. The molecule has 3 atom stereocenters. The molecule has 13 heteroatoms. The second-order valence-corrected chi connectivity index (χ2v) is 12.4. The first-order valence-electron chi connectivity index (χ1n) is 14.7. The van der Waals surface area contributed by atoms with Gasteiger partial charge in [-0.25, -0.2) is 9.18 Å². The number of nitriles is 1. The molecule has 2 aliphatic heterocycles. The number of piperidine rings is 1. The van der Waals surface area contributed by atoms with E-state index in [2.05, 4.69) is 11.4 Å². The van der Waals surface area contributed by atoms with Crippen molar-refractivity contribution in [1.82, 2.24) is 4.90 Å².